The first-order chi connectivity index (χ1) is 9.12. The van der Waals surface area contributed by atoms with Gasteiger partial charge in [-0.1, -0.05) is 32.1 Å². The number of hydrogen-bond donors (Lipinski definition) is 2. The molecule has 6 heteroatoms. The molecule has 0 spiro atoms. The summed E-state index contributed by atoms with van der Waals surface area (Å²) in [6, 6.07) is 1.77. The summed E-state index contributed by atoms with van der Waals surface area (Å²) in [6.45, 7) is 0.384. The van der Waals surface area contributed by atoms with Crippen LogP contribution in [0.4, 0.5) is 0 Å². The highest BCUT2D eigenvalue weighted by Crippen LogP contribution is 2.23. The minimum absolute atomic E-state index is 0.0914. The summed E-state index contributed by atoms with van der Waals surface area (Å²) in [5, 5.41) is 1.81. The van der Waals surface area contributed by atoms with Crippen LogP contribution >= 0.6 is 11.3 Å². The topological polar surface area (TPSA) is 72.2 Å². The first-order valence-corrected chi connectivity index (χ1v) is 9.28. The average Bonchev–Trinajstić information content (AvgIpc) is 2.82. The predicted octanol–water partition coefficient (Wildman–Crippen LogP) is 2.60. The fraction of sp³-hybridized carbons (Fsp3) is 0.692. The van der Waals surface area contributed by atoms with Gasteiger partial charge in [-0.15, -0.1) is 11.3 Å². The van der Waals surface area contributed by atoms with E-state index in [9.17, 15) is 8.42 Å². The SMILES string of the molecule is NCc1csc(S(=O)(=O)NC2CCCCCCC2)c1. The second-order valence-corrected chi connectivity index (χ2v) is 7.99. The van der Waals surface area contributed by atoms with Gasteiger partial charge in [0.25, 0.3) is 0 Å². The molecule has 1 aromatic rings. The first-order valence-electron chi connectivity index (χ1n) is 6.91. The zero-order chi connectivity index (χ0) is 13.7. The molecule has 0 aliphatic heterocycles. The van der Waals surface area contributed by atoms with E-state index in [2.05, 4.69) is 4.72 Å². The van der Waals surface area contributed by atoms with E-state index in [4.69, 9.17) is 5.73 Å². The molecule has 0 atom stereocenters. The van der Waals surface area contributed by atoms with E-state index >= 15 is 0 Å². The lowest BCUT2D eigenvalue weighted by atomic mass is 9.97. The average molecular weight is 302 g/mol. The number of nitrogens with one attached hydrogen (secondary N) is 1. The summed E-state index contributed by atoms with van der Waals surface area (Å²) in [7, 11) is -3.36. The fourth-order valence-corrected chi connectivity index (χ4v) is 5.00. The molecule has 0 unspecified atom stereocenters. The summed E-state index contributed by atoms with van der Waals surface area (Å²) < 4.78 is 27.8. The summed E-state index contributed by atoms with van der Waals surface area (Å²) in [6.07, 6.45) is 7.85. The Morgan fingerprint density at radius 3 is 2.42 bits per heavy atom. The smallest absolute Gasteiger partial charge is 0.250 e. The highest BCUT2D eigenvalue weighted by molar-refractivity contribution is 7.91. The third kappa shape index (κ3) is 4.27. The Labute approximate surface area is 119 Å². The zero-order valence-corrected chi connectivity index (χ0v) is 12.7. The largest absolute Gasteiger partial charge is 0.326 e. The minimum atomic E-state index is -3.36. The maximum absolute atomic E-state index is 12.3. The van der Waals surface area contributed by atoms with Gasteiger partial charge in [0.05, 0.1) is 0 Å². The Hall–Kier alpha value is -0.430. The molecule has 0 saturated heterocycles. The third-order valence-corrected chi connectivity index (χ3v) is 6.57. The van der Waals surface area contributed by atoms with Gasteiger partial charge in [-0.05, 0) is 29.9 Å². The molecule has 1 aromatic heterocycles. The summed E-state index contributed by atoms with van der Waals surface area (Å²) in [5.41, 5.74) is 6.40. The van der Waals surface area contributed by atoms with Crippen LogP contribution in [0.2, 0.25) is 0 Å². The van der Waals surface area contributed by atoms with Crippen molar-refractivity contribution < 1.29 is 8.42 Å². The van der Waals surface area contributed by atoms with E-state index in [0.717, 1.165) is 31.2 Å². The normalized spacial score (nSPS) is 19.0. The molecular weight excluding hydrogens is 280 g/mol. The van der Waals surface area contributed by atoms with Gasteiger partial charge < -0.3 is 5.73 Å². The van der Waals surface area contributed by atoms with Crippen LogP contribution in [0.3, 0.4) is 0 Å². The number of nitrogens with two attached hydrogens (primary N) is 1. The Kier molecular flexibility index (Phi) is 5.38. The molecule has 3 N–H and O–H groups in total. The molecule has 0 bridgehead atoms. The second kappa shape index (κ2) is 6.83. The van der Waals surface area contributed by atoms with Gasteiger partial charge in [0.1, 0.15) is 4.21 Å². The van der Waals surface area contributed by atoms with Crippen molar-refractivity contribution in [1.82, 2.24) is 4.72 Å². The maximum atomic E-state index is 12.3. The van der Waals surface area contributed by atoms with E-state index in [1.165, 1.54) is 30.6 Å². The van der Waals surface area contributed by atoms with Crippen LogP contribution in [0.1, 0.15) is 50.5 Å². The molecule has 0 aromatic carbocycles. The van der Waals surface area contributed by atoms with Gasteiger partial charge in [-0.25, -0.2) is 13.1 Å². The van der Waals surface area contributed by atoms with Gasteiger partial charge >= 0.3 is 0 Å². The number of sulfonamides is 1. The fourth-order valence-electron chi connectivity index (χ4n) is 2.45. The Morgan fingerprint density at radius 2 is 1.84 bits per heavy atom. The van der Waals surface area contributed by atoms with Crippen LogP contribution in [-0.4, -0.2) is 14.5 Å². The van der Waals surface area contributed by atoms with E-state index < -0.39 is 10.0 Å². The van der Waals surface area contributed by atoms with Gasteiger partial charge in [-0.3, -0.25) is 0 Å². The van der Waals surface area contributed by atoms with E-state index in [-0.39, 0.29) is 6.04 Å². The highest BCUT2D eigenvalue weighted by Gasteiger charge is 2.22. The minimum Gasteiger partial charge on any atom is -0.326 e. The van der Waals surface area contributed by atoms with E-state index in [1.807, 2.05) is 5.38 Å². The summed E-state index contributed by atoms with van der Waals surface area (Å²) in [5.74, 6) is 0. The zero-order valence-electron chi connectivity index (χ0n) is 11.1. The van der Waals surface area contributed by atoms with Crippen molar-refractivity contribution in [1.29, 1.82) is 0 Å². The van der Waals surface area contributed by atoms with E-state index in [1.54, 1.807) is 6.07 Å². The van der Waals surface area contributed by atoms with Gasteiger partial charge in [-0.2, -0.15) is 0 Å². The van der Waals surface area contributed by atoms with Crippen molar-refractivity contribution in [3.8, 4) is 0 Å². The molecule has 2 rings (SSSR count). The second-order valence-electron chi connectivity index (χ2n) is 5.14. The molecule has 4 nitrogen and oxygen atoms in total. The van der Waals surface area contributed by atoms with Crippen LogP contribution < -0.4 is 10.5 Å². The van der Waals surface area contributed by atoms with Gasteiger partial charge in [0, 0.05) is 12.6 Å². The van der Waals surface area contributed by atoms with Crippen LogP contribution in [0.5, 0.6) is 0 Å². The van der Waals surface area contributed by atoms with Crippen molar-refractivity contribution in [3.05, 3.63) is 17.0 Å². The lowest BCUT2D eigenvalue weighted by Crippen LogP contribution is -2.34. The number of thiophene rings is 1. The summed E-state index contributed by atoms with van der Waals surface area (Å²) in [4.78, 5) is 0. The van der Waals surface area contributed by atoms with Crippen molar-refractivity contribution in [2.45, 2.75) is 61.7 Å². The molecular formula is C13H22N2O2S2. The Balaban J connectivity index is 2.02. The van der Waals surface area contributed by atoms with Crippen LogP contribution in [0, 0.1) is 0 Å². The molecule has 0 amide bonds. The molecule has 1 heterocycles. The summed E-state index contributed by atoms with van der Waals surface area (Å²) >= 11 is 1.25. The lowest BCUT2D eigenvalue weighted by molar-refractivity contribution is 0.427. The molecule has 1 saturated carbocycles. The molecule has 0 radical (unpaired) electrons. The van der Waals surface area contributed by atoms with E-state index in [0.29, 0.717) is 10.8 Å². The third-order valence-electron chi connectivity index (χ3n) is 3.56. The van der Waals surface area contributed by atoms with Crippen LogP contribution in [0.15, 0.2) is 15.7 Å². The molecule has 1 fully saturated rings. The molecule has 1 aliphatic carbocycles. The number of rotatable bonds is 4. The van der Waals surface area contributed by atoms with Gasteiger partial charge in [0.2, 0.25) is 10.0 Å². The standard InChI is InChI=1S/C13H22N2O2S2/c14-9-11-8-13(18-10-11)19(16,17)15-12-6-4-2-1-3-5-7-12/h8,10,12,15H,1-7,9,14H2. The Bertz CT molecular complexity index is 488. The van der Waals surface area contributed by atoms with Crippen molar-refractivity contribution in [3.63, 3.8) is 0 Å². The Morgan fingerprint density at radius 1 is 1.21 bits per heavy atom. The quantitative estimate of drug-likeness (QED) is 0.898. The molecule has 19 heavy (non-hydrogen) atoms. The maximum Gasteiger partial charge on any atom is 0.250 e. The lowest BCUT2D eigenvalue weighted by Gasteiger charge is -2.20. The van der Waals surface area contributed by atoms with Crippen molar-refractivity contribution >= 4 is 21.4 Å². The van der Waals surface area contributed by atoms with Crippen molar-refractivity contribution in [2.75, 3.05) is 0 Å². The predicted molar refractivity (Wildman–Crippen MR) is 78.6 cm³/mol. The highest BCUT2D eigenvalue weighted by atomic mass is 32.2. The molecule has 1 aliphatic rings. The van der Waals surface area contributed by atoms with Crippen LogP contribution in [0.25, 0.3) is 0 Å². The van der Waals surface area contributed by atoms with Crippen molar-refractivity contribution in [2.24, 2.45) is 5.73 Å². The van der Waals surface area contributed by atoms with Crippen LogP contribution in [-0.2, 0) is 16.6 Å². The monoisotopic (exact) mass is 302 g/mol. The first kappa shape index (κ1) is 15.0. The number of hydrogen-bond acceptors (Lipinski definition) is 4. The molecule has 108 valence electrons. The van der Waals surface area contributed by atoms with Gasteiger partial charge in [0.15, 0.2) is 0 Å².